The number of nitrogens with zero attached hydrogens (tertiary/aromatic N) is 4. The van der Waals surface area contributed by atoms with Gasteiger partial charge in [-0.2, -0.15) is 0 Å². The molecule has 3 atom stereocenters. The summed E-state index contributed by atoms with van der Waals surface area (Å²) in [6.07, 6.45) is 5.54. The Balaban J connectivity index is 1.60. The van der Waals surface area contributed by atoms with E-state index >= 15 is 0 Å². The summed E-state index contributed by atoms with van der Waals surface area (Å²) in [5.41, 5.74) is 2.59. The first-order valence-electron chi connectivity index (χ1n) is 9.57. The molecule has 8 nitrogen and oxygen atoms in total. The van der Waals surface area contributed by atoms with E-state index in [0.717, 1.165) is 36.2 Å². The third kappa shape index (κ3) is 3.53. The first-order chi connectivity index (χ1) is 13.7. The number of anilines is 1. The minimum absolute atomic E-state index is 0.0327. The summed E-state index contributed by atoms with van der Waals surface area (Å²) < 4.78 is 13.0. The summed E-state index contributed by atoms with van der Waals surface area (Å²) >= 11 is 0. The van der Waals surface area contributed by atoms with Crippen LogP contribution in [0.25, 0.3) is 11.2 Å². The fraction of sp³-hybridized carbons (Fsp3) is 0.450. The van der Waals surface area contributed by atoms with Gasteiger partial charge in [-0.05, 0) is 37.0 Å². The topological polar surface area (TPSA) is 94.3 Å². The summed E-state index contributed by atoms with van der Waals surface area (Å²) in [4.78, 5) is 13.4. The second-order valence-corrected chi connectivity index (χ2v) is 6.90. The zero-order chi connectivity index (χ0) is 19.5. The van der Waals surface area contributed by atoms with E-state index in [-0.39, 0.29) is 25.0 Å². The van der Waals surface area contributed by atoms with Gasteiger partial charge in [0.15, 0.2) is 17.0 Å². The third-order valence-corrected chi connectivity index (χ3v) is 5.20. The van der Waals surface area contributed by atoms with Crippen LogP contribution in [0.3, 0.4) is 0 Å². The molecule has 28 heavy (non-hydrogen) atoms. The molecule has 3 heterocycles. The van der Waals surface area contributed by atoms with Crippen molar-refractivity contribution in [3.8, 4) is 5.75 Å². The van der Waals surface area contributed by atoms with E-state index in [9.17, 15) is 5.11 Å². The van der Waals surface area contributed by atoms with Gasteiger partial charge in [0, 0.05) is 0 Å². The van der Waals surface area contributed by atoms with Crippen molar-refractivity contribution in [3.05, 3.63) is 42.5 Å². The highest BCUT2D eigenvalue weighted by molar-refractivity contribution is 5.82. The number of nitrogens with one attached hydrogen (secondary N) is 1. The number of aromatic nitrogens is 4. The lowest BCUT2D eigenvalue weighted by atomic mass is 10.0. The molecule has 0 spiro atoms. The second kappa shape index (κ2) is 8.12. The van der Waals surface area contributed by atoms with E-state index in [1.807, 2.05) is 16.7 Å². The standard InChI is InChI=1S/C20H25N5O3/c1-3-16(13-4-6-14(27-2)7-5-13)24-19-18-20(22-11-21-19)25(12-23-18)17-9-8-15(10-26)28-17/h4-7,11-12,15-17,26H,3,8-10H2,1-2H3,(H,21,22,24). The van der Waals surface area contributed by atoms with E-state index in [4.69, 9.17) is 9.47 Å². The Hall–Kier alpha value is -2.71. The normalized spacial score (nSPS) is 20.4. The van der Waals surface area contributed by atoms with Crippen LogP contribution in [0.15, 0.2) is 36.9 Å². The van der Waals surface area contributed by atoms with Gasteiger partial charge in [0.2, 0.25) is 0 Å². The fourth-order valence-corrected chi connectivity index (χ4v) is 3.62. The van der Waals surface area contributed by atoms with Gasteiger partial charge in [0.05, 0.1) is 32.2 Å². The van der Waals surface area contributed by atoms with Crippen LogP contribution < -0.4 is 10.1 Å². The van der Waals surface area contributed by atoms with Crippen molar-refractivity contribution in [2.75, 3.05) is 19.0 Å². The van der Waals surface area contributed by atoms with Gasteiger partial charge >= 0.3 is 0 Å². The van der Waals surface area contributed by atoms with Crippen LogP contribution in [0.2, 0.25) is 0 Å². The summed E-state index contributed by atoms with van der Waals surface area (Å²) in [5.74, 6) is 1.53. The Morgan fingerprint density at radius 2 is 2.07 bits per heavy atom. The minimum Gasteiger partial charge on any atom is -0.497 e. The number of hydrogen-bond donors (Lipinski definition) is 2. The quantitative estimate of drug-likeness (QED) is 0.647. The number of rotatable bonds is 7. The molecule has 4 rings (SSSR count). The molecule has 148 valence electrons. The fourth-order valence-electron chi connectivity index (χ4n) is 3.62. The van der Waals surface area contributed by atoms with Crippen LogP contribution in [-0.4, -0.2) is 44.4 Å². The molecule has 1 fully saturated rings. The second-order valence-electron chi connectivity index (χ2n) is 6.90. The molecular weight excluding hydrogens is 358 g/mol. The van der Waals surface area contributed by atoms with Gasteiger partial charge in [0.25, 0.3) is 0 Å². The molecule has 0 saturated carbocycles. The molecule has 1 aromatic carbocycles. The third-order valence-electron chi connectivity index (χ3n) is 5.20. The molecule has 1 aliphatic heterocycles. The molecular formula is C20H25N5O3. The van der Waals surface area contributed by atoms with Gasteiger partial charge < -0.3 is 19.9 Å². The highest BCUT2D eigenvalue weighted by atomic mass is 16.5. The van der Waals surface area contributed by atoms with E-state index in [1.54, 1.807) is 19.8 Å². The highest BCUT2D eigenvalue weighted by Crippen LogP contribution is 2.32. The Labute approximate surface area is 163 Å². The maximum atomic E-state index is 9.31. The summed E-state index contributed by atoms with van der Waals surface area (Å²) in [5, 5.41) is 12.8. The van der Waals surface area contributed by atoms with Gasteiger partial charge in [0.1, 0.15) is 18.3 Å². The van der Waals surface area contributed by atoms with Crippen molar-refractivity contribution in [3.63, 3.8) is 0 Å². The average Bonchev–Trinajstić information content (AvgIpc) is 3.39. The Morgan fingerprint density at radius 3 is 2.75 bits per heavy atom. The van der Waals surface area contributed by atoms with Crippen LogP contribution in [0.1, 0.15) is 44.0 Å². The zero-order valence-electron chi connectivity index (χ0n) is 16.1. The molecule has 2 N–H and O–H groups in total. The van der Waals surface area contributed by atoms with Crippen LogP contribution in [0, 0.1) is 0 Å². The summed E-state index contributed by atoms with van der Waals surface area (Å²) in [6, 6.07) is 8.12. The molecule has 3 aromatic rings. The van der Waals surface area contributed by atoms with E-state index in [0.29, 0.717) is 11.3 Å². The maximum absolute atomic E-state index is 9.31. The van der Waals surface area contributed by atoms with Crippen molar-refractivity contribution in [1.29, 1.82) is 0 Å². The van der Waals surface area contributed by atoms with Crippen molar-refractivity contribution >= 4 is 17.0 Å². The summed E-state index contributed by atoms with van der Waals surface area (Å²) in [7, 11) is 1.66. The van der Waals surface area contributed by atoms with Crippen molar-refractivity contribution < 1.29 is 14.6 Å². The molecule has 0 aliphatic carbocycles. The number of aliphatic hydroxyl groups excluding tert-OH is 1. The SMILES string of the molecule is CCC(Nc1ncnc2c1ncn2C1CCC(CO)O1)c1ccc(OC)cc1. The lowest BCUT2D eigenvalue weighted by Crippen LogP contribution is -2.14. The Morgan fingerprint density at radius 1 is 1.25 bits per heavy atom. The number of fused-ring (bicyclic) bond motifs is 1. The minimum atomic E-state index is -0.159. The largest absolute Gasteiger partial charge is 0.497 e. The Kier molecular flexibility index (Phi) is 5.40. The van der Waals surface area contributed by atoms with Crippen molar-refractivity contribution in [2.24, 2.45) is 0 Å². The molecule has 0 radical (unpaired) electrons. The number of benzene rings is 1. The lowest BCUT2D eigenvalue weighted by Gasteiger charge is -2.19. The lowest BCUT2D eigenvalue weighted by molar-refractivity contribution is -0.0207. The first kappa shape index (κ1) is 18.6. The Bertz CT molecular complexity index is 927. The number of aliphatic hydroxyl groups is 1. The van der Waals surface area contributed by atoms with Gasteiger partial charge in [-0.1, -0.05) is 19.1 Å². The molecule has 0 amide bonds. The summed E-state index contributed by atoms with van der Waals surface area (Å²) in [6.45, 7) is 2.16. The predicted octanol–water partition coefficient (Wildman–Crippen LogP) is 3.07. The number of hydrogen-bond acceptors (Lipinski definition) is 7. The number of imidazole rings is 1. The van der Waals surface area contributed by atoms with E-state index < -0.39 is 0 Å². The molecule has 1 aliphatic rings. The first-order valence-corrected chi connectivity index (χ1v) is 9.57. The number of methoxy groups -OCH3 is 1. The smallest absolute Gasteiger partial charge is 0.167 e. The van der Waals surface area contributed by atoms with Crippen LogP contribution >= 0.6 is 0 Å². The highest BCUT2D eigenvalue weighted by Gasteiger charge is 2.28. The van der Waals surface area contributed by atoms with Crippen molar-refractivity contribution in [1.82, 2.24) is 19.5 Å². The van der Waals surface area contributed by atoms with E-state index in [1.165, 1.54) is 0 Å². The predicted molar refractivity (Wildman–Crippen MR) is 105 cm³/mol. The molecule has 8 heteroatoms. The van der Waals surface area contributed by atoms with Crippen LogP contribution in [0.5, 0.6) is 5.75 Å². The van der Waals surface area contributed by atoms with Gasteiger partial charge in [-0.3, -0.25) is 4.57 Å². The molecule has 0 bridgehead atoms. The van der Waals surface area contributed by atoms with Crippen molar-refractivity contribution in [2.45, 2.75) is 44.6 Å². The zero-order valence-corrected chi connectivity index (χ0v) is 16.1. The average molecular weight is 383 g/mol. The monoisotopic (exact) mass is 383 g/mol. The van der Waals surface area contributed by atoms with E-state index in [2.05, 4.69) is 39.3 Å². The number of ether oxygens (including phenoxy) is 2. The van der Waals surface area contributed by atoms with Gasteiger partial charge in [-0.15, -0.1) is 0 Å². The van der Waals surface area contributed by atoms with Crippen LogP contribution in [-0.2, 0) is 4.74 Å². The molecule has 3 unspecified atom stereocenters. The molecule has 1 saturated heterocycles. The van der Waals surface area contributed by atoms with Crippen LogP contribution in [0.4, 0.5) is 5.82 Å². The maximum Gasteiger partial charge on any atom is 0.167 e. The molecule has 2 aromatic heterocycles. The van der Waals surface area contributed by atoms with Gasteiger partial charge in [-0.25, -0.2) is 15.0 Å².